The predicted octanol–water partition coefficient (Wildman–Crippen LogP) is 7.39. The second kappa shape index (κ2) is 17.6. The van der Waals surface area contributed by atoms with Crippen molar-refractivity contribution in [3.05, 3.63) is 54.6 Å². The number of benzene rings is 1. The molecule has 2 rings (SSSR count). The van der Waals surface area contributed by atoms with Crippen molar-refractivity contribution >= 4 is 12.0 Å². The third-order valence-corrected chi connectivity index (χ3v) is 8.49. The Labute approximate surface area is 228 Å². The molecule has 0 aliphatic carbocycles. The summed E-state index contributed by atoms with van der Waals surface area (Å²) in [6, 6.07) is 6.24. The summed E-state index contributed by atoms with van der Waals surface area (Å²) in [7, 11) is 0. The van der Waals surface area contributed by atoms with E-state index in [1.54, 1.807) is 0 Å². The molecule has 37 heavy (non-hydrogen) atoms. The van der Waals surface area contributed by atoms with Crippen molar-refractivity contribution in [1.82, 2.24) is 9.80 Å². The molecule has 208 valence electrons. The Morgan fingerprint density at radius 2 is 1.76 bits per heavy atom. The third kappa shape index (κ3) is 10.4. The maximum absolute atomic E-state index is 11.6. The number of hydrogen-bond acceptors (Lipinski definition) is 4. The first-order valence-corrected chi connectivity index (χ1v) is 15.0. The van der Waals surface area contributed by atoms with E-state index in [2.05, 4.69) is 60.8 Å². The van der Waals surface area contributed by atoms with Gasteiger partial charge in [0.15, 0.2) is 0 Å². The van der Waals surface area contributed by atoms with E-state index in [0.717, 1.165) is 64.0 Å². The van der Waals surface area contributed by atoms with Crippen LogP contribution in [0.4, 0.5) is 5.69 Å². The van der Waals surface area contributed by atoms with Crippen LogP contribution in [0.15, 0.2) is 43.5 Å². The van der Waals surface area contributed by atoms with Gasteiger partial charge in [-0.1, -0.05) is 70.7 Å². The fraction of sp³-hybridized carbons (Fsp3) is 0.667. The number of aldehydes is 1. The minimum Gasteiger partial charge on any atom is -0.370 e. The molecule has 1 aliphatic heterocycles. The number of carbonyl (C=O) groups excluding carboxylic acids is 1. The monoisotopic (exact) mass is 509 g/mol. The normalized spacial score (nSPS) is 15.6. The highest BCUT2D eigenvalue weighted by atomic mass is 16.1. The summed E-state index contributed by atoms with van der Waals surface area (Å²) in [6.45, 7) is 23.4. The second-order valence-electron chi connectivity index (χ2n) is 11.1. The predicted molar refractivity (Wildman–Crippen MR) is 162 cm³/mol. The van der Waals surface area contributed by atoms with Gasteiger partial charge >= 0.3 is 0 Å². The molecule has 1 fully saturated rings. The van der Waals surface area contributed by atoms with Crippen LogP contribution in [-0.2, 0) is 6.42 Å². The topological polar surface area (TPSA) is 26.8 Å². The van der Waals surface area contributed by atoms with Crippen LogP contribution in [0.1, 0.15) is 94.5 Å². The van der Waals surface area contributed by atoms with Gasteiger partial charge in [-0.05, 0) is 68.7 Å². The van der Waals surface area contributed by atoms with E-state index in [-0.39, 0.29) is 0 Å². The second-order valence-corrected chi connectivity index (χ2v) is 11.1. The van der Waals surface area contributed by atoms with Gasteiger partial charge in [0.25, 0.3) is 0 Å². The fourth-order valence-electron chi connectivity index (χ4n) is 5.91. The van der Waals surface area contributed by atoms with E-state index in [9.17, 15) is 4.79 Å². The van der Waals surface area contributed by atoms with Crippen LogP contribution in [0.2, 0.25) is 0 Å². The summed E-state index contributed by atoms with van der Waals surface area (Å²) in [4.78, 5) is 19.3. The fourth-order valence-corrected chi connectivity index (χ4v) is 5.91. The van der Waals surface area contributed by atoms with E-state index in [4.69, 9.17) is 0 Å². The lowest BCUT2D eigenvalue weighted by Crippen LogP contribution is -2.44. The molecule has 0 bridgehead atoms. The van der Waals surface area contributed by atoms with Crippen molar-refractivity contribution in [3.8, 4) is 0 Å². The number of piperidine rings is 1. The quantitative estimate of drug-likeness (QED) is 0.104. The minimum absolute atomic E-state index is 0.586. The van der Waals surface area contributed by atoms with Gasteiger partial charge in [0.05, 0.1) is 0 Å². The van der Waals surface area contributed by atoms with Gasteiger partial charge < -0.3 is 9.80 Å². The SMILES string of the molecule is C=CCCN(CCN(CC=C)CCN1CCC(CC)(CCC)CC1)c1cc(C=O)ccc1CCCCC. The number of hydrogen-bond donors (Lipinski definition) is 0. The molecule has 0 atom stereocenters. The van der Waals surface area contributed by atoms with E-state index in [1.165, 1.54) is 75.7 Å². The molecule has 1 heterocycles. The summed E-state index contributed by atoms with van der Waals surface area (Å²) < 4.78 is 0. The molecule has 1 saturated heterocycles. The van der Waals surface area contributed by atoms with E-state index < -0.39 is 0 Å². The Kier molecular flexibility index (Phi) is 14.9. The maximum atomic E-state index is 11.6. The van der Waals surface area contributed by atoms with Crippen LogP contribution in [0.5, 0.6) is 0 Å². The van der Waals surface area contributed by atoms with Crippen molar-refractivity contribution in [1.29, 1.82) is 0 Å². The van der Waals surface area contributed by atoms with Gasteiger partial charge in [0, 0.05) is 50.5 Å². The average Bonchev–Trinajstić information content (AvgIpc) is 2.93. The molecule has 0 spiro atoms. The summed E-state index contributed by atoms with van der Waals surface area (Å²) in [5.74, 6) is 0. The summed E-state index contributed by atoms with van der Waals surface area (Å²) in [5.41, 5.74) is 3.93. The zero-order valence-electron chi connectivity index (χ0n) is 24.4. The number of rotatable bonds is 20. The molecule has 0 unspecified atom stereocenters. The molecule has 1 aliphatic rings. The molecule has 0 radical (unpaired) electrons. The first-order chi connectivity index (χ1) is 18.0. The zero-order chi connectivity index (χ0) is 26.9. The first kappa shape index (κ1) is 31.3. The van der Waals surface area contributed by atoms with E-state index in [0.29, 0.717) is 5.41 Å². The van der Waals surface area contributed by atoms with E-state index in [1.807, 2.05) is 18.2 Å². The van der Waals surface area contributed by atoms with Crippen molar-refractivity contribution in [2.75, 3.05) is 57.3 Å². The number of nitrogens with zero attached hydrogens (tertiary/aromatic N) is 3. The average molecular weight is 510 g/mol. The van der Waals surface area contributed by atoms with Gasteiger partial charge in [0.2, 0.25) is 0 Å². The summed E-state index contributed by atoms with van der Waals surface area (Å²) in [6.07, 6.45) is 17.4. The number of likely N-dealkylation sites (tertiary alicyclic amines) is 1. The third-order valence-electron chi connectivity index (χ3n) is 8.49. The van der Waals surface area contributed by atoms with Crippen LogP contribution in [0, 0.1) is 5.41 Å². The lowest BCUT2D eigenvalue weighted by atomic mass is 9.73. The lowest BCUT2D eigenvalue weighted by Gasteiger charge is -2.42. The standard InChI is InChI=1S/C33H55N3O/c1-6-11-13-14-31-16-15-30(29-37)28-32(31)36(21-12-7-2)27-26-34(20-9-4)24-25-35-22-18-33(10-5,17-8-3)19-23-35/h7,9,15-16,28-29H,2,4,6,8,10-14,17-27H2,1,3,5H3. The van der Waals surface area contributed by atoms with Crippen molar-refractivity contribution in [2.24, 2.45) is 5.41 Å². The molecular formula is C33H55N3O. The highest BCUT2D eigenvalue weighted by molar-refractivity contribution is 5.78. The van der Waals surface area contributed by atoms with Crippen LogP contribution >= 0.6 is 0 Å². The Balaban J connectivity index is 2.03. The molecule has 4 nitrogen and oxygen atoms in total. The molecule has 0 saturated carbocycles. The summed E-state index contributed by atoms with van der Waals surface area (Å²) >= 11 is 0. The van der Waals surface area contributed by atoms with Gasteiger partial charge in [-0.3, -0.25) is 9.69 Å². The zero-order valence-corrected chi connectivity index (χ0v) is 24.4. The van der Waals surface area contributed by atoms with Crippen LogP contribution < -0.4 is 4.90 Å². The smallest absolute Gasteiger partial charge is 0.150 e. The van der Waals surface area contributed by atoms with Gasteiger partial charge in [-0.15, -0.1) is 13.2 Å². The van der Waals surface area contributed by atoms with E-state index >= 15 is 0 Å². The molecular weight excluding hydrogens is 454 g/mol. The lowest BCUT2D eigenvalue weighted by molar-refractivity contribution is 0.0834. The molecule has 1 aromatic carbocycles. The van der Waals surface area contributed by atoms with Crippen molar-refractivity contribution in [2.45, 2.75) is 85.0 Å². The molecule has 1 aromatic rings. The Bertz CT molecular complexity index is 797. The molecule has 0 amide bonds. The number of carbonyl (C=O) groups is 1. The molecule has 0 N–H and O–H groups in total. The van der Waals surface area contributed by atoms with Crippen LogP contribution in [-0.4, -0.2) is 68.4 Å². The van der Waals surface area contributed by atoms with Gasteiger partial charge in [-0.2, -0.15) is 0 Å². The van der Waals surface area contributed by atoms with Crippen LogP contribution in [0.3, 0.4) is 0 Å². The highest BCUT2D eigenvalue weighted by Crippen LogP contribution is 2.39. The van der Waals surface area contributed by atoms with Gasteiger partial charge in [0.1, 0.15) is 6.29 Å². The Hall–Kier alpha value is -1.91. The number of aryl methyl sites for hydroxylation is 1. The number of unbranched alkanes of at least 4 members (excludes halogenated alkanes) is 2. The van der Waals surface area contributed by atoms with Crippen molar-refractivity contribution < 1.29 is 4.79 Å². The molecule has 4 heteroatoms. The minimum atomic E-state index is 0.586. The number of anilines is 1. The first-order valence-electron chi connectivity index (χ1n) is 15.0. The largest absolute Gasteiger partial charge is 0.370 e. The van der Waals surface area contributed by atoms with Crippen LogP contribution in [0.25, 0.3) is 0 Å². The Morgan fingerprint density at radius 3 is 2.38 bits per heavy atom. The van der Waals surface area contributed by atoms with Gasteiger partial charge in [-0.25, -0.2) is 0 Å². The summed E-state index contributed by atoms with van der Waals surface area (Å²) in [5, 5.41) is 0. The Morgan fingerprint density at radius 1 is 0.973 bits per heavy atom. The highest BCUT2D eigenvalue weighted by Gasteiger charge is 2.31. The molecule has 0 aromatic heterocycles. The van der Waals surface area contributed by atoms with Crippen molar-refractivity contribution in [3.63, 3.8) is 0 Å². The maximum Gasteiger partial charge on any atom is 0.150 e.